The van der Waals surface area contributed by atoms with E-state index in [1.165, 1.54) is 0 Å². The first-order chi connectivity index (χ1) is 7.39. The highest BCUT2D eigenvalue weighted by atomic mass is 32.2. The number of nitrogens with two attached hydrogens (primary N) is 1. The summed E-state index contributed by atoms with van der Waals surface area (Å²) < 4.78 is 31.4. The van der Waals surface area contributed by atoms with E-state index in [0.717, 1.165) is 19.3 Å². The topological polar surface area (TPSA) is 81.4 Å². The van der Waals surface area contributed by atoms with Crippen LogP contribution in [-0.4, -0.2) is 39.0 Å². The first-order valence-electron chi connectivity index (χ1n) is 5.72. The van der Waals surface area contributed by atoms with Crippen LogP contribution in [0.2, 0.25) is 0 Å². The van der Waals surface area contributed by atoms with Gasteiger partial charge in [-0.15, -0.1) is 0 Å². The molecular formula is C10H22N2O3S. The molecule has 96 valence electrons. The lowest BCUT2D eigenvalue weighted by Gasteiger charge is -2.41. The van der Waals surface area contributed by atoms with Gasteiger partial charge in [0.25, 0.3) is 0 Å². The van der Waals surface area contributed by atoms with Crippen LogP contribution in [0.15, 0.2) is 0 Å². The minimum absolute atomic E-state index is 0.00687. The quantitative estimate of drug-likeness (QED) is 0.677. The molecule has 3 N–H and O–H groups in total. The molecule has 0 amide bonds. The SMILES string of the molecule is CC(C)OCCS(=O)(=O)NC1(CN)CCC1. The van der Waals surface area contributed by atoms with Gasteiger partial charge in [-0.2, -0.15) is 0 Å². The molecule has 0 aromatic rings. The maximum Gasteiger partial charge on any atom is 0.214 e. The summed E-state index contributed by atoms with van der Waals surface area (Å²) in [5.41, 5.74) is 5.22. The normalized spacial score (nSPS) is 19.8. The maximum atomic E-state index is 11.7. The minimum Gasteiger partial charge on any atom is -0.378 e. The monoisotopic (exact) mass is 250 g/mol. The van der Waals surface area contributed by atoms with Gasteiger partial charge in [0.15, 0.2) is 0 Å². The second-order valence-electron chi connectivity index (χ2n) is 4.68. The number of ether oxygens (including phenoxy) is 1. The van der Waals surface area contributed by atoms with Crippen LogP contribution in [0.3, 0.4) is 0 Å². The molecule has 1 aliphatic carbocycles. The predicted octanol–water partition coefficient (Wildman–Crippen LogP) is 0.212. The van der Waals surface area contributed by atoms with Crippen molar-refractivity contribution >= 4 is 10.0 Å². The summed E-state index contributed by atoms with van der Waals surface area (Å²) in [6, 6.07) is 0. The molecule has 0 radical (unpaired) electrons. The van der Waals surface area contributed by atoms with Crippen LogP contribution in [-0.2, 0) is 14.8 Å². The fourth-order valence-corrected chi connectivity index (χ4v) is 3.09. The molecule has 16 heavy (non-hydrogen) atoms. The van der Waals surface area contributed by atoms with Crippen molar-refractivity contribution in [3.05, 3.63) is 0 Å². The van der Waals surface area contributed by atoms with Gasteiger partial charge in [0.1, 0.15) is 0 Å². The molecule has 1 rings (SSSR count). The Morgan fingerprint density at radius 1 is 1.44 bits per heavy atom. The highest BCUT2D eigenvalue weighted by molar-refractivity contribution is 7.89. The van der Waals surface area contributed by atoms with Crippen molar-refractivity contribution in [3.8, 4) is 0 Å². The number of rotatable bonds is 7. The molecule has 1 aliphatic rings. The number of sulfonamides is 1. The molecule has 6 heteroatoms. The van der Waals surface area contributed by atoms with Gasteiger partial charge in [-0.3, -0.25) is 0 Å². The van der Waals surface area contributed by atoms with Crippen LogP contribution < -0.4 is 10.5 Å². The Labute approximate surface area is 97.8 Å². The van der Waals surface area contributed by atoms with Crippen molar-refractivity contribution in [2.45, 2.75) is 44.8 Å². The molecule has 0 saturated heterocycles. The zero-order valence-corrected chi connectivity index (χ0v) is 10.8. The summed E-state index contributed by atoms with van der Waals surface area (Å²) in [6.45, 7) is 4.37. The lowest BCUT2D eigenvalue weighted by Crippen LogP contribution is -2.58. The van der Waals surface area contributed by atoms with E-state index in [2.05, 4.69) is 4.72 Å². The van der Waals surface area contributed by atoms with Gasteiger partial charge < -0.3 is 10.5 Å². The summed E-state index contributed by atoms with van der Waals surface area (Å²) in [5, 5.41) is 0. The molecule has 0 aromatic carbocycles. The van der Waals surface area contributed by atoms with Gasteiger partial charge in [0.05, 0.1) is 18.5 Å². The Hall–Kier alpha value is -0.170. The van der Waals surface area contributed by atoms with Crippen LogP contribution >= 0.6 is 0 Å². The highest BCUT2D eigenvalue weighted by Crippen LogP contribution is 2.31. The zero-order chi connectivity index (χ0) is 12.2. The van der Waals surface area contributed by atoms with Gasteiger partial charge in [-0.1, -0.05) is 0 Å². The van der Waals surface area contributed by atoms with Crippen molar-refractivity contribution < 1.29 is 13.2 Å². The summed E-state index contributed by atoms with van der Waals surface area (Å²) in [6.07, 6.45) is 2.78. The summed E-state index contributed by atoms with van der Waals surface area (Å²) in [5.74, 6) is 0.00687. The van der Waals surface area contributed by atoms with Crippen LogP contribution in [0, 0.1) is 0 Å². The lowest BCUT2D eigenvalue weighted by molar-refractivity contribution is 0.0909. The van der Waals surface area contributed by atoms with E-state index in [1.54, 1.807) is 0 Å². The third kappa shape index (κ3) is 4.01. The van der Waals surface area contributed by atoms with Crippen LogP contribution in [0.1, 0.15) is 33.1 Å². The molecular weight excluding hydrogens is 228 g/mol. The molecule has 0 aliphatic heterocycles. The molecule has 0 heterocycles. The Morgan fingerprint density at radius 2 is 2.06 bits per heavy atom. The van der Waals surface area contributed by atoms with Crippen molar-refractivity contribution in [1.82, 2.24) is 4.72 Å². The maximum absolute atomic E-state index is 11.7. The van der Waals surface area contributed by atoms with E-state index < -0.39 is 10.0 Å². The van der Waals surface area contributed by atoms with Crippen molar-refractivity contribution in [1.29, 1.82) is 0 Å². The average molecular weight is 250 g/mol. The second kappa shape index (κ2) is 5.44. The Bertz CT molecular complexity index is 305. The van der Waals surface area contributed by atoms with Crippen molar-refractivity contribution in [2.75, 3.05) is 18.9 Å². The smallest absolute Gasteiger partial charge is 0.214 e. The molecule has 0 spiro atoms. The van der Waals surface area contributed by atoms with Crippen molar-refractivity contribution in [2.24, 2.45) is 5.73 Å². The molecule has 0 atom stereocenters. The summed E-state index contributed by atoms with van der Waals surface area (Å²) in [7, 11) is -3.26. The summed E-state index contributed by atoms with van der Waals surface area (Å²) in [4.78, 5) is 0. The Balaban J connectivity index is 2.39. The zero-order valence-electron chi connectivity index (χ0n) is 10.0. The number of hydrogen-bond acceptors (Lipinski definition) is 4. The van der Waals surface area contributed by atoms with E-state index in [0.29, 0.717) is 6.54 Å². The van der Waals surface area contributed by atoms with E-state index in [4.69, 9.17) is 10.5 Å². The van der Waals surface area contributed by atoms with Crippen LogP contribution in [0.25, 0.3) is 0 Å². The van der Waals surface area contributed by atoms with Crippen molar-refractivity contribution in [3.63, 3.8) is 0 Å². The largest absolute Gasteiger partial charge is 0.378 e. The average Bonchev–Trinajstić information content (AvgIpc) is 2.10. The third-order valence-corrected chi connectivity index (χ3v) is 4.32. The van der Waals surface area contributed by atoms with Gasteiger partial charge in [0, 0.05) is 12.1 Å². The highest BCUT2D eigenvalue weighted by Gasteiger charge is 2.38. The van der Waals surface area contributed by atoms with Crippen LogP contribution in [0.5, 0.6) is 0 Å². The van der Waals surface area contributed by atoms with E-state index in [-0.39, 0.29) is 24.0 Å². The fraction of sp³-hybridized carbons (Fsp3) is 1.00. The predicted molar refractivity (Wildman–Crippen MR) is 63.6 cm³/mol. The van der Waals surface area contributed by atoms with E-state index in [9.17, 15) is 8.42 Å². The van der Waals surface area contributed by atoms with Gasteiger partial charge >= 0.3 is 0 Å². The lowest BCUT2D eigenvalue weighted by atomic mass is 9.78. The first kappa shape index (κ1) is 13.9. The fourth-order valence-electron chi connectivity index (χ4n) is 1.73. The number of nitrogens with one attached hydrogen (secondary N) is 1. The van der Waals surface area contributed by atoms with E-state index in [1.807, 2.05) is 13.8 Å². The van der Waals surface area contributed by atoms with Gasteiger partial charge in [0.2, 0.25) is 10.0 Å². The molecule has 1 fully saturated rings. The minimum atomic E-state index is -3.26. The second-order valence-corrected chi connectivity index (χ2v) is 6.52. The summed E-state index contributed by atoms with van der Waals surface area (Å²) >= 11 is 0. The third-order valence-electron chi connectivity index (χ3n) is 2.88. The molecule has 5 nitrogen and oxygen atoms in total. The molecule has 0 aromatic heterocycles. The molecule has 1 saturated carbocycles. The van der Waals surface area contributed by atoms with Crippen LogP contribution in [0.4, 0.5) is 0 Å². The molecule has 0 bridgehead atoms. The standard InChI is InChI=1S/C10H22N2O3S/c1-9(2)15-6-7-16(13,14)12-10(8-11)4-3-5-10/h9,12H,3-8,11H2,1-2H3. The Morgan fingerprint density at radius 3 is 2.44 bits per heavy atom. The van der Waals surface area contributed by atoms with Gasteiger partial charge in [-0.05, 0) is 33.1 Å². The molecule has 0 unspecified atom stereocenters. The van der Waals surface area contributed by atoms with E-state index >= 15 is 0 Å². The number of hydrogen-bond donors (Lipinski definition) is 2. The Kier molecular flexibility index (Phi) is 4.73. The first-order valence-corrected chi connectivity index (χ1v) is 7.38. The van der Waals surface area contributed by atoms with Gasteiger partial charge in [-0.25, -0.2) is 13.1 Å².